The first kappa shape index (κ1) is 24.3. The van der Waals surface area contributed by atoms with Gasteiger partial charge in [0.15, 0.2) is 0 Å². The standard InChI is InChI=1S/C22H34O6/c1-2-18(24)21-16-19(25)20(28-21)15-14-17(23)12-10-8-6-4-3-5-7-9-11-13-22(26)27/h3-4,7-10,14-15,17-21,23-25H,2,5-6,11-13,16H2,1H3,(H,26,27)/b4-3-,9-7-,10-8-,15-14+/t17-,18-,19+,20-,21-/m1/s1. The molecule has 4 N–H and O–H groups in total. The van der Waals surface area contributed by atoms with Gasteiger partial charge in [-0.3, -0.25) is 4.79 Å². The predicted octanol–water partition coefficient (Wildman–Crippen LogP) is 2.90. The third-order valence-electron chi connectivity index (χ3n) is 4.50. The van der Waals surface area contributed by atoms with Gasteiger partial charge in [-0.2, -0.15) is 0 Å². The van der Waals surface area contributed by atoms with Crippen molar-refractivity contribution in [3.05, 3.63) is 48.6 Å². The molecule has 28 heavy (non-hydrogen) atoms. The van der Waals surface area contributed by atoms with Crippen LogP contribution in [-0.2, 0) is 9.53 Å². The Bertz CT molecular complexity index is 551. The zero-order valence-electron chi connectivity index (χ0n) is 16.6. The maximum Gasteiger partial charge on any atom is 0.303 e. The first-order chi connectivity index (χ1) is 13.4. The van der Waals surface area contributed by atoms with Crippen molar-refractivity contribution >= 4 is 5.97 Å². The largest absolute Gasteiger partial charge is 0.481 e. The lowest BCUT2D eigenvalue weighted by atomic mass is 10.1. The number of carbonyl (C=O) groups is 1. The van der Waals surface area contributed by atoms with Gasteiger partial charge in [0.25, 0.3) is 0 Å². The number of carboxylic acid groups (broad SMARTS) is 1. The van der Waals surface area contributed by atoms with E-state index < -0.39 is 30.4 Å². The smallest absolute Gasteiger partial charge is 0.303 e. The van der Waals surface area contributed by atoms with Crippen molar-refractivity contribution in [2.45, 2.75) is 82.4 Å². The van der Waals surface area contributed by atoms with E-state index in [9.17, 15) is 20.1 Å². The third kappa shape index (κ3) is 10.6. The molecule has 0 aromatic heterocycles. The lowest BCUT2D eigenvalue weighted by molar-refractivity contribution is -0.136. The van der Waals surface area contributed by atoms with Crippen LogP contribution in [0.15, 0.2) is 48.6 Å². The molecule has 1 rings (SSSR count). The second-order valence-corrected chi connectivity index (χ2v) is 6.92. The van der Waals surface area contributed by atoms with Gasteiger partial charge < -0.3 is 25.2 Å². The fraction of sp³-hybridized carbons (Fsp3) is 0.591. The van der Waals surface area contributed by atoms with Crippen LogP contribution < -0.4 is 0 Å². The number of aliphatic hydroxyl groups excluding tert-OH is 3. The quantitative estimate of drug-likeness (QED) is 0.358. The average molecular weight is 395 g/mol. The van der Waals surface area contributed by atoms with E-state index in [-0.39, 0.29) is 12.5 Å². The third-order valence-corrected chi connectivity index (χ3v) is 4.50. The van der Waals surface area contributed by atoms with Crippen molar-refractivity contribution < 1.29 is 30.0 Å². The van der Waals surface area contributed by atoms with Gasteiger partial charge in [-0.15, -0.1) is 0 Å². The van der Waals surface area contributed by atoms with Gasteiger partial charge in [0, 0.05) is 12.8 Å². The molecule has 1 aliphatic rings. The van der Waals surface area contributed by atoms with E-state index in [4.69, 9.17) is 9.84 Å². The van der Waals surface area contributed by atoms with Crippen molar-refractivity contribution in [2.75, 3.05) is 0 Å². The van der Waals surface area contributed by atoms with Crippen molar-refractivity contribution in [2.24, 2.45) is 0 Å². The highest BCUT2D eigenvalue weighted by Gasteiger charge is 2.35. The minimum atomic E-state index is -0.784. The van der Waals surface area contributed by atoms with Crippen LogP contribution in [0.2, 0.25) is 0 Å². The molecule has 1 saturated heterocycles. The molecular weight excluding hydrogens is 360 g/mol. The molecule has 0 spiro atoms. The normalized spacial score (nSPS) is 25.5. The van der Waals surface area contributed by atoms with Crippen molar-refractivity contribution in [1.29, 1.82) is 0 Å². The summed E-state index contributed by atoms with van der Waals surface area (Å²) in [6, 6.07) is 0. The number of aliphatic carboxylic acids is 1. The molecule has 1 fully saturated rings. The molecule has 0 aromatic rings. The highest BCUT2D eigenvalue weighted by atomic mass is 16.5. The summed E-state index contributed by atoms with van der Waals surface area (Å²) in [6.45, 7) is 1.87. The number of hydrogen-bond donors (Lipinski definition) is 4. The molecule has 0 aromatic carbocycles. The summed E-state index contributed by atoms with van der Waals surface area (Å²) in [7, 11) is 0. The highest BCUT2D eigenvalue weighted by Crippen LogP contribution is 2.25. The Balaban J connectivity index is 2.18. The molecule has 158 valence electrons. The van der Waals surface area contributed by atoms with Crippen LogP contribution in [0.3, 0.4) is 0 Å². The number of ether oxygens (including phenoxy) is 1. The van der Waals surface area contributed by atoms with Crippen molar-refractivity contribution in [3.63, 3.8) is 0 Å². The van der Waals surface area contributed by atoms with Crippen LogP contribution in [0.5, 0.6) is 0 Å². The Kier molecular flexibility index (Phi) is 12.4. The van der Waals surface area contributed by atoms with Crippen molar-refractivity contribution in [1.82, 2.24) is 0 Å². The van der Waals surface area contributed by atoms with Crippen LogP contribution in [0.4, 0.5) is 0 Å². The summed E-state index contributed by atoms with van der Waals surface area (Å²) in [5.41, 5.74) is 0. The van der Waals surface area contributed by atoms with Crippen LogP contribution in [0.25, 0.3) is 0 Å². The molecule has 0 bridgehead atoms. The van der Waals surface area contributed by atoms with Crippen LogP contribution >= 0.6 is 0 Å². The molecule has 5 atom stereocenters. The SMILES string of the molecule is CC[C@@H](O)[C@H]1C[C@H](O)[C@@H](/C=C/[C@H](O)C/C=C\C/C=C\C/C=C\CCC(=O)O)O1. The highest BCUT2D eigenvalue weighted by molar-refractivity contribution is 5.66. The number of carboxylic acids is 1. The summed E-state index contributed by atoms with van der Waals surface area (Å²) in [4.78, 5) is 10.3. The topological polar surface area (TPSA) is 107 Å². The van der Waals surface area contributed by atoms with Gasteiger partial charge in [0.05, 0.1) is 24.4 Å². The monoisotopic (exact) mass is 394 g/mol. The van der Waals surface area contributed by atoms with Gasteiger partial charge in [-0.25, -0.2) is 0 Å². The molecular formula is C22H34O6. The molecule has 6 heteroatoms. The first-order valence-corrected chi connectivity index (χ1v) is 9.98. The van der Waals surface area contributed by atoms with E-state index in [2.05, 4.69) is 0 Å². The van der Waals surface area contributed by atoms with Gasteiger partial charge in [-0.1, -0.05) is 55.5 Å². The lowest BCUT2D eigenvalue weighted by Crippen LogP contribution is -2.25. The van der Waals surface area contributed by atoms with Crippen LogP contribution in [0.1, 0.15) is 51.9 Å². The molecule has 0 saturated carbocycles. The van der Waals surface area contributed by atoms with Gasteiger partial charge in [0.1, 0.15) is 6.10 Å². The zero-order valence-corrected chi connectivity index (χ0v) is 16.6. The van der Waals surface area contributed by atoms with Crippen molar-refractivity contribution in [3.8, 4) is 0 Å². The minimum Gasteiger partial charge on any atom is -0.481 e. The van der Waals surface area contributed by atoms with E-state index in [1.54, 1.807) is 12.2 Å². The number of hydrogen-bond acceptors (Lipinski definition) is 5. The molecule has 1 aliphatic heterocycles. The van der Waals surface area contributed by atoms with E-state index in [0.29, 0.717) is 25.7 Å². The number of aliphatic hydroxyl groups is 3. The maximum absolute atomic E-state index is 10.3. The van der Waals surface area contributed by atoms with E-state index >= 15 is 0 Å². The average Bonchev–Trinajstić information content (AvgIpc) is 3.04. The summed E-state index contributed by atoms with van der Waals surface area (Å²) >= 11 is 0. The van der Waals surface area contributed by atoms with Crippen LogP contribution in [-0.4, -0.2) is 56.9 Å². The summed E-state index contributed by atoms with van der Waals surface area (Å²) in [6.07, 6.45) is 16.0. The predicted molar refractivity (Wildman–Crippen MR) is 109 cm³/mol. The van der Waals surface area contributed by atoms with E-state index in [0.717, 1.165) is 12.8 Å². The van der Waals surface area contributed by atoms with Gasteiger partial charge in [-0.05, 0) is 32.1 Å². The second kappa shape index (κ2) is 14.3. The Morgan fingerprint density at radius 3 is 2.39 bits per heavy atom. The lowest BCUT2D eigenvalue weighted by Gasteiger charge is -2.16. The molecule has 0 radical (unpaired) electrons. The molecule has 0 amide bonds. The number of allylic oxidation sites excluding steroid dienone is 5. The molecule has 0 aliphatic carbocycles. The summed E-state index contributed by atoms with van der Waals surface area (Å²) in [5.74, 6) is -0.784. The number of rotatable bonds is 13. The summed E-state index contributed by atoms with van der Waals surface area (Å²) < 4.78 is 5.63. The fourth-order valence-electron chi connectivity index (χ4n) is 2.82. The fourth-order valence-corrected chi connectivity index (χ4v) is 2.82. The minimum absolute atomic E-state index is 0.160. The van der Waals surface area contributed by atoms with E-state index in [1.807, 2.05) is 43.4 Å². The first-order valence-electron chi connectivity index (χ1n) is 9.98. The Hall–Kier alpha value is -1.73. The Morgan fingerprint density at radius 1 is 1.11 bits per heavy atom. The Labute approximate surface area is 167 Å². The molecule has 6 nitrogen and oxygen atoms in total. The van der Waals surface area contributed by atoms with Gasteiger partial charge >= 0.3 is 5.97 Å². The zero-order chi connectivity index (χ0) is 20.8. The van der Waals surface area contributed by atoms with E-state index in [1.165, 1.54) is 0 Å². The second-order valence-electron chi connectivity index (χ2n) is 6.92. The maximum atomic E-state index is 10.3. The van der Waals surface area contributed by atoms with Gasteiger partial charge in [0.2, 0.25) is 0 Å². The molecule has 0 unspecified atom stereocenters. The molecule has 1 heterocycles. The van der Waals surface area contributed by atoms with Crippen LogP contribution in [0, 0.1) is 0 Å². The summed E-state index contributed by atoms with van der Waals surface area (Å²) in [5, 5.41) is 38.3. The Morgan fingerprint density at radius 2 is 1.75 bits per heavy atom.